The van der Waals surface area contributed by atoms with E-state index >= 15 is 0 Å². The number of hydrogen-bond donors (Lipinski definition) is 1. The highest BCUT2D eigenvalue weighted by Gasteiger charge is 2.99. The standard InChI is InChI=1S/C19H13F25O2/c20-8(21,6-4-2-1-3-5-7(45)46)9(22,23)10(24,25)11(26,27)12(28,29)13(30,31)14(32,33)15(34,35)16(36,37)17(38,39)18(40,41)19(42,43)44/h1-6H2,(H,45,46). The average molecular weight is 748 g/mol. The van der Waals surface area contributed by atoms with E-state index in [-0.39, 0.29) is 0 Å². The van der Waals surface area contributed by atoms with Crippen LogP contribution in [0.1, 0.15) is 38.5 Å². The van der Waals surface area contributed by atoms with E-state index in [1.165, 1.54) is 0 Å². The van der Waals surface area contributed by atoms with Crippen LogP contribution in [-0.4, -0.2) is 82.4 Å². The van der Waals surface area contributed by atoms with Crippen molar-refractivity contribution in [1.29, 1.82) is 0 Å². The number of alkyl halides is 25. The maximum Gasteiger partial charge on any atom is 0.460 e. The summed E-state index contributed by atoms with van der Waals surface area (Å²) in [5.41, 5.74) is 0. The molecule has 46 heavy (non-hydrogen) atoms. The Balaban J connectivity index is 6.88. The van der Waals surface area contributed by atoms with E-state index in [1.807, 2.05) is 0 Å². The number of rotatable bonds is 17. The molecule has 1 N–H and O–H groups in total. The molecule has 0 saturated carbocycles. The SMILES string of the molecule is O=C(O)CCCCCCC(F)(F)C(F)(F)C(F)(F)C(F)(F)C(F)(F)C(F)(F)C(F)(F)C(F)(F)C(F)(F)C(F)(F)C(F)(F)C(F)(F)F. The van der Waals surface area contributed by atoms with Gasteiger partial charge in [-0.25, -0.2) is 0 Å². The van der Waals surface area contributed by atoms with E-state index < -0.39 is 116 Å². The molecular formula is C19H13F25O2. The molecule has 2 nitrogen and oxygen atoms in total. The minimum atomic E-state index is -9.61. The van der Waals surface area contributed by atoms with E-state index in [9.17, 15) is 115 Å². The molecule has 0 fully saturated rings. The molecule has 0 rings (SSSR count). The van der Waals surface area contributed by atoms with Crippen LogP contribution in [0, 0.1) is 0 Å². The highest BCUT2D eigenvalue weighted by molar-refractivity contribution is 5.66. The molecule has 0 heterocycles. The van der Waals surface area contributed by atoms with Crippen molar-refractivity contribution in [2.45, 2.75) is 110 Å². The zero-order valence-corrected chi connectivity index (χ0v) is 21.0. The van der Waals surface area contributed by atoms with Crippen LogP contribution < -0.4 is 0 Å². The van der Waals surface area contributed by atoms with Gasteiger partial charge in [0, 0.05) is 12.8 Å². The first-order valence-electron chi connectivity index (χ1n) is 11.1. The summed E-state index contributed by atoms with van der Waals surface area (Å²) < 4.78 is 335. The number of aliphatic carboxylic acids is 1. The van der Waals surface area contributed by atoms with Gasteiger partial charge in [-0.05, 0) is 12.8 Å². The molecule has 0 bridgehead atoms. The van der Waals surface area contributed by atoms with E-state index in [2.05, 4.69) is 0 Å². The van der Waals surface area contributed by atoms with Gasteiger partial charge in [0.05, 0.1) is 0 Å². The van der Waals surface area contributed by atoms with E-state index in [0.29, 0.717) is 0 Å². The van der Waals surface area contributed by atoms with Crippen LogP contribution in [0.3, 0.4) is 0 Å². The minimum Gasteiger partial charge on any atom is -0.481 e. The number of halogens is 25. The zero-order chi connectivity index (χ0) is 37.8. The van der Waals surface area contributed by atoms with Crippen LogP contribution in [0.5, 0.6) is 0 Å². The summed E-state index contributed by atoms with van der Waals surface area (Å²) in [4.78, 5) is 10.2. The molecule has 276 valence electrons. The van der Waals surface area contributed by atoms with Crippen LogP contribution in [0.25, 0.3) is 0 Å². The third kappa shape index (κ3) is 6.07. The molecule has 27 heteroatoms. The lowest BCUT2D eigenvalue weighted by molar-refractivity contribution is -0.482. The number of unbranched alkanes of at least 4 members (excludes halogenated alkanes) is 3. The zero-order valence-electron chi connectivity index (χ0n) is 21.0. The summed E-state index contributed by atoms with van der Waals surface area (Å²) in [6, 6.07) is 0. The van der Waals surface area contributed by atoms with Crippen molar-refractivity contribution in [3.63, 3.8) is 0 Å². The van der Waals surface area contributed by atoms with Gasteiger partial charge in [0.2, 0.25) is 0 Å². The molecule has 0 aromatic carbocycles. The summed E-state index contributed by atoms with van der Waals surface area (Å²) in [5.74, 6) is -99.8. The molecule has 0 aliphatic carbocycles. The summed E-state index contributed by atoms with van der Waals surface area (Å²) in [7, 11) is 0. The van der Waals surface area contributed by atoms with Gasteiger partial charge in [-0.3, -0.25) is 4.79 Å². The highest BCUT2D eigenvalue weighted by Crippen LogP contribution is 2.67. The number of hydrogen-bond acceptors (Lipinski definition) is 1. The van der Waals surface area contributed by atoms with Crippen molar-refractivity contribution in [1.82, 2.24) is 0 Å². The van der Waals surface area contributed by atoms with Crippen molar-refractivity contribution in [3.8, 4) is 0 Å². The van der Waals surface area contributed by atoms with Gasteiger partial charge < -0.3 is 5.11 Å². The summed E-state index contributed by atoms with van der Waals surface area (Å²) in [6.45, 7) is 0. The van der Waals surface area contributed by atoms with Crippen molar-refractivity contribution >= 4 is 5.97 Å². The summed E-state index contributed by atoms with van der Waals surface area (Å²) in [5, 5.41) is 8.31. The number of carbonyl (C=O) groups is 1. The Morgan fingerprint density at radius 3 is 0.848 bits per heavy atom. The van der Waals surface area contributed by atoms with Crippen molar-refractivity contribution in [2.24, 2.45) is 0 Å². The first-order valence-corrected chi connectivity index (χ1v) is 11.1. The van der Waals surface area contributed by atoms with Gasteiger partial charge in [0.1, 0.15) is 0 Å². The Labute approximate surface area is 236 Å². The molecular weight excluding hydrogens is 735 g/mol. The first kappa shape index (κ1) is 43.7. The molecule has 0 aliphatic rings. The molecule has 0 radical (unpaired) electrons. The molecule has 0 aromatic heterocycles. The van der Waals surface area contributed by atoms with Crippen LogP contribution in [0.15, 0.2) is 0 Å². The largest absolute Gasteiger partial charge is 0.481 e. The number of carboxylic acid groups (broad SMARTS) is 1. The summed E-state index contributed by atoms with van der Waals surface area (Å²) in [6.07, 6.45) is -15.0. The Bertz CT molecular complexity index is 1070. The molecule has 0 aromatic rings. The number of carboxylic acids is 1. The third-order valence-corrected chi connectivity index (χ3v) is 6.00. The first-order chi connectivity index (χ1) is 19.7. The Morgan fingerprint density at radius 1 is 0.348 bits per heavy atom. The quantitative estimate of drug-likeness (QED) is 0.119. The lowest BCUT2D eigenvalue weighted by atomic mass is 9.84. The maximum atomic E-state index is 13.8. The van der Waals surface area contributed by atoms with Crippen molar-refractivity contribution in [2.75, 3.05) is 0 Å². The van der Waals surface area contributed by atoms with Crippen molar-refractivity contribution in [3.05, 3.63) is 0 Å². The van der Waals surface area contributed by atoms with Crippen molar-refractivity contribution < 1.29 is 120 Å². The topological polar surface area (TPSA) is 37.3 Å². The monoisotopic (exact) mass is 748 g/mol. The van der Waals surface area contributed by atoms with Gasteiger partial charge in [-0.2, -0.15) is 110 Å². The van der Waals surface area contributed by atoms with E-state index in [1.54, 1.807) is 0 Å². The second-order valence-corrected chi connectivity index (χ2v) is 9.25. The van der Waals surface area contributed by atoms with Crippen LogP contribution in [0.4, 0.5) is 110 Å². The van der Waals surface area contributed by atoms with Gasteiger partial charge in [0.15, 0.2) is 0 Å². The molecule has 0 spiro atoms. The molecule has 0 atom stereocenters. The van der Waals surface area contributed by atoms with Gasteiger partial charge in [0.25, 0.3) is 0 Å². The Morgan fingerprint density at radius 2 is 0.587 bits per heavy atom. The fraction of sp³-hybridized carbons (Fsp3) is 0.947. The van der Waals surface area contributed by atoms with Crippen LogP contribution >= 0.6 is 0 Å². The second-order valence-electron chi connectivity index (χ2n) is 9.25. The fourth-order valence-electron chi connectivity index (χ4n) is 3.12. The van der Waals surface area contributed by atoms with Gasteiger partial charge >= 0.3 is 77.3 Å². The Kier molecular flexibility index (Phi) is 11.4. The predicted molar refractivity (Wildman–Crippen MR) is 95.8 cm³/mol. The van der Waals surface area contributed by atoms with Crippen LogP contribution in [0.2, 0.25) is 0 Å². The molecule has 0 amide bonds. The second kappa shape index (κ2) is 12.0. The van der Waals surface area contributed by atoms with Gasteiger partial charge in [-0.1, -0.05) is 12.8 Å². The Hall–Kier alpha value is -2.28. The van der Waals surface area contributed by atoms with Gasteiger partial charge in [-0.15, -0.1) is 0 Å². The lowest BCUT2D eigenvalue weighted by Gasteiger charge is -2.45. The van der Waals surface area contributed by atoms with Crippen LogP contribution in [-0.2, 0) is 4.79 Å². The predicted octanol–water partition coefficient (Wildman–Crippen LogP) is 9.96. The molecule has 0 aliphatic heterocycles. The van der Waals surface area contributed by atoms with E-state index in [0.717, 1.165) is 0 Å². The lowest BCUT2D eigenvalue weighted by Crippen LogP contribution is -2.78. The average Bonchev–Trinajstić information content (AvgIpc) is 2.83. The summed E-state index contributed by atoms with van der Waals surface area (Å²) >= 11 is 0. The third-order valence-electron chi connectivity index (χ3n) is 6.00. The fourth-order valence-corrected chi connectivity index (χ4v) is 3.12. The molecule has 0 saturated heterocycles. The normalized spacial score (nSPS) is 16.2. The smallest absolute Gasteiger partial charge is 0.460 e. The highest BCUT2D eigenvalue weighted by atomic mass is 19.4. The molecule has 0 unspecified atom stereocenters. The minimum absolute atomic E-state index is 0.426. The van der Waals surface area contributed by atoms with E-state index in [4.69, 9.17) is 5.11 Å². The maximum absolute atomic E-state index is 13.8.